The maximum atomic E-state index is 5.98. The number of hydrogen-bond acceptors (Lipinski definition) is 7. The minimum atomic E-state index is 0. The maximum absolute atomic E-state index is 5.98. The molecule has 1 saturated heterocycles. The highest BCUT2D eigenvalue weighted by Gasteiger charge is 2.18. The van der Waals surface area contributed by atoms with E-state index in [0.29, 0.717) is 18.3 Å². The largest absolute Gasteiger partial charge is 0.487 e. The van der Waals surface area contributed by atoms with Gasteiger partial charge in [-0.2, -0.15) is 0 Å². The zero-order valence-corrected chi connectivity index (χ0v) is 15.4. The molecule has 3 heterocycles. The Morgan fingerprint density at radius 2 is 1.89 bits per heavy atom. The van der Waals surface area contributed by atoms with Crippen molar-refractivity contribution in [2.24, 2.45) is 0 Å². The Morgan fingerprint density at radius 1 is 1.14 bits per heavy atom. The van der Waals surface area contributed by atoms with Crippen molar-refractivity contribution in [1.82, 2.24) is 19.9 Å². The number of ether oxygens (including phenoxy) is 1. The molecule has 0 radical (unpaired) electrons. The summed E-state index contributed by atoms with van der Waals surface area (Å²) in [6.07, 6.45) is 7.53. The van der Waals surface area contributed by atoms with Gasteiger partial charge in [0.1, 0.15) is 11.9 Å². The lowest BCUT2D eigenvalue weighted by molar-refractivity contribution is 0.113. The molecule has 0 saturated carbocycles. The first-order valence-electron chi connectivity index (χ1n) is 9.21. The Morgan fingerprint density at radius 3 is 2.64 bits per heavy atom. The van der Waals surface area contributed by atoms with Crippen LogP contribution in [0.15, 0.2) is 42.9 Å². The van der Waals surface area contributed by atoms with Crippen LogP contribution in [0.1, 0.15) is 25.8 Å². The van der Waals surface area contributed by atoms with Crippen molar-refractivity contribution in [2.75, 3.05) is 31.2 Å². The summed E-state index contributed by atoms with van der Waals surface area (Å²) < 4.78 is 5.98. The van der Waals surface area contributed by atoms with Gasteiger partial charge in [0.05, 0.1) is 12.4 Å². The number of nitrogens with two attached hydrogens (primary N) is 1. The zero-order chi connectivity index (χ0) is 18.6. The van der Waals surface area contributed by atoms with E-state index >= 15 is 0 Å². The summed E-state index contributed by atoms with van der Waals surface area (Å²) in [5.41, 5.74) is 7.03. The first-order chi connectivity index (χ1) is 13.2. The molecule has 7 heteroatoms. The molecule has 1 aliphatic heterocycles. The van der Waals surface area contributed by atoms with Gasteiger partial charge in [0.15, 0.2) is 5.75 Å². The number of nitrogens with zero attached hydrogens (tertiary/aromatic N) is 4. The van der Waals surface area contributed by atoms with Gasteiger partial charge >= 0.3 is 0 Å². The van der Waals surface area contributed by atoms with Crippen LogP contribution in [0.2, 0.25) is 0 Å². The molecule has 1 fully saturated rings. The number of nitrogens with one attached hydrogen (secondary N) is 1. The lowest BCUT2D eigenvalue weighted by Gasteiger charge is -2.29. The molecular formula is C21H28N6O. The lowest BCUT2D eigenvalue weighted by Crippen LogP contribution is -2.35. The smallest absolute Gasteiger partial charge is 0.223 e. The number of anilines is 2. The Labute approximate surface area is 166 Å². The Hall–Kier alpha value is -2.93. The average molecular weight is 380 g/mol. The quantitative estimate of drug-likeness (QED) is 0.702. The van der Waals surface area contributed by atoms with Gasteiger partial charge in [0.2, 0.25) is 5.95 Å². The topological polar surface area (TPSA) is 89.2 Å². The molecule has 7 nitrogen and oxygen atoms in total. The normalized spacial score (nSPS) is 15.2. The summed E-state index contributed by atoms with van der Waals surface area (Å²) in [6, 6.07) is 8.08. The van der Waals surface area contributed by atoms with E-state index in [1.807, 2.05) is 18.2 Å². The van der Waals surface area contributed by atoms with E-state index in [-0.39, 0.29) is 13.5 Å². The Bertz CT molecular complexity index is 906. The van der Waals surface area contributed by atoms with Gasteiger partial charge in [0.25, 0.3) is 0 Å². The van der Waals surface area contributed by atoms with E-state index in [0.717, 1.165) is 48.0 Å². The Balaban J connectivity index is 0.00000225. The number of pyridine rings is 1. The highest BCUT2D eigenvalue weighted by Crippen LogP contribution is 2.21. The lowest BCUT2D eigenvalue weighted by atomic mass is 10.1. The van der Waals surface area contributed by atoms with Gasteiger partial charge in [-0.1, -0.05) is 19.6 Å². The van der Waals surface area contributed by atoms with E-state index in [1.54, 1.807) is 18.6 Å². The third-order valence-corrected chi connectivity index (χ3v) is 4.91. The number of piperidine rings is 1. The molecule has 2 aromatic heterocycles. The van der Waals surface area contributed by atoms with Gasteiger partial charge in [-0.3, -0.25) is 0 Å². The van der Waals surface area contributed by atoms with Crippen LogP contribution in [0.4, 0.5) is 11.8 Å². The molecule has 0 amide bonds. The van der Waals surface area contributed by atoms with E-state index in [9.17, 15) is 0 Å². The van der Waals surface area contributed by atoms with Crippen LogP contribution in [0, 0.1) is 0 Å². The summed E-state index contributed by atoms with van der Waals surface area (Å²) in [7, 11) is 2.14. The minimum absolute atomic E-state index is 0. The number of rotatable bonds is 5. The van der Waals surface area contributed by atoms with Crippen molar-refractivity contribution in [3.63, 3.8) is 0 Å². The van der Waals surface area contributed by atoms with Crippen LogP contribution in [-0.4, -0.2) is 46.1 Å². The molecule has 4 rings (SSSR count). The van der Waals surface area contributed by atoms with Crippen molar-refractivity contribution in [3.05, 3.63) is 48.4 Å². The average Bonchev–Trinajstić information content (AvgIpc) is 2.69. The molecule has 28 heavy (non-hydrogen) atoms. The minimum Gasteiger partial charge on any atom is -0.487 e. The second kappa shape index (κ2) is 8.84. The van der Waals surface area contributed by atoms with Gasteiger partial charge in [-0.05, 0) is 43.0 Å². The fourth-order valence-electron chi connectivity index (χ4n) is 3.31. The number of fused-ring (bicyclic) bond motifs is 1. The fourth-order valence-corrected chi connectivity index (χ4v) is 3.31. The van der Waals surface area contributed by atoms with Crippen molar-refractivity contribution in [2.45, 2.75) is 32.9 Å². The van der Waals surface area contributed by atoms with Gasteiger partial charge in [-0.25, -0.2) is 15.0 Å². The second-order valence-corrected chi connectivity index (χ2v) is 6.97. The zero-order valence-electron chi connectivity index (χ0n) is 15.4. The predicted molar refractivity (Wildman–Crippen MR) is 113 cm³/mol. The van der Waals surface area contributed by atoms with Crippen molar-refractivity contribution < 1.29 is 4.74 Å². The molecule has 0 spiro atoms. The molecular weight excluding hydrogens is 352 g/mol. The molecule has 148 valence electrons. The molecule has 1 aliphatic rings. The van der Waals surface area contributed by atoms with E-state index < -0.39 is 0 Å². The van der Waals surface area contributed by atoms with Crippen LogP contribution in [0.3, 0.4) is 0 Å². The second-order valence-electron chi connectivity index (χ2n) is 6.97. The van der Waals surface area contributed by atoms with E-state index in [4.69, 9.17) is 10.5 Å². The van der Waals surface area contributed by atoms with Crippen molar-refractivity contribution >= 4 is 22.5 Å². The summed E-state index contributed by atoms with van der Waals surface area (Å²) >= 11 is 0. The molecule has 0 bridgehead atoms. The van der Waals surface area contributed by atoms with Crippen LogP contribution in [0.25, 0.3) is 10.8 Å². The maximum Gasteiger partial charge on any atom is 0.223 e. The summed E-state index contributed by atoms with van der Waals surface area (Å²) in [6.45, 7) is 2.77. The predicted octanol–water partition coefficient (Wildman–Crippen LogP) is 3.33. The highest BCUT2D eigenvalue weighted by atomic mass is 16.5. The van der Waals surface area contributed by atoms with Crippen molar-refractivity contribution in [1.29, 1.82) is 0 Å². The van der Waals surface area contributed by atoms with Crippen molar-refractivity contribution in [3.8, 4) is 5.75 Å². The molecule has 1 aromatic carbocycles. The summed E-state index contributed by atoms with van der Waals surface area (Å²) in [5, 5.41) is 5.28. The number of hydrogen-bond donors (Lipinski definition) is 2. The molecule has 0 atom stereocenters. The SMILES string of the molecule is C.CN1CCC(Oc2cnc(NCc3ccc4c(N)nccc4c3)nc2)CC1. The molecule has 0 aliphatic carbocycles. The molecule has 3 N–H and O–H groups in total. The molecule has 3 aromatic rings. The third-order valence-electron chi connectivity index (χ3n) is 4.91. The number of likely N-dealkylation sites (tertiary alicyclic amines) is 1. The number of aromatic nitrogens is 3. The highest BCUT2D eigenvalue weighted by molar-refractivity contribution is 5.91. The van der Waals surface area contributed by atoms with Crippen LogP contribution in [0.5, 0.6) is 5.75 Å². The third kappa shape index (κ3) is 4.67. The number of benzene rings is 1. The standard InChI is InChI=1S/C20H24N6O.CH4/c1-26-8-5-16(6-9-26)27-17-12-24-20(25-13-17)23-11-14-2-3-18-15(10-14)4-7-22-19(18)21;/h2-4,7,10,12-13,16H,5-6,8-9,11H2,1H3,(H2,21,22)(H,23,24,25);1H4. The van der Waals surface area contributed by atoms with Crippen LogP contribution < -0.4 is 15.8 Å². The first-order valence-corrected chi connectivity index (χ1v) is 9.21. The monoisotopic (exact) mass is 380 g/mol. The van der Waals surface area contributed by atoms with Gasteiger partial charge in [-0.15, -0.1) is 0 Å². The fraction of sp³-hybridized carbons (Fsp3) is 0.381. The first kappa shape index (κ1) is 19.8. The van der Waals surface area contributed by atoms with E-state index in [2.05, 4.69) is 38.3 Å². The Kier molecular flexibility index (Phi) is 6.26. The van der Waals surface area contributed by atoms with Gasteiger partial charge < -0.3 is 20.7 Å². The molecule has 0 unspecified atom stereocenters. The summed E-state index contributed by atoms with van der Waals surface area (Å²) in [4.78, 5) is 15.2. The summed E-state index contributed by atoms with van der Waals surface area (Å²) in [5.74, 6) is 1.86. The number of nitrogen functional groups attached to an aromatic ring is 1. The van der Waals surface area contributed by atoms with Crippen LogP contribution >= 0.6 is 0 Å². The van der Waals surface area contributed by atoms with Crippen LogP contribution in [-0.2, 0) is 6.54 Å². The van der Waals surface area contributed by atoms with E-state index in [1.165, 1.54) is 0 Å². The van der Waals surface area contributed by atoms with Gasteiger partial charge in [0, 0.05) is 31.2 Å².